The van der Waals surface area contributed by atoms with E-state index in [4.69, 9.17) is 4.74 Å². The topological polar surface area (TPSA) is 58.6 Å². The molecule has 1 aliphatic carbocycles. The summed E-state index contributed by atoms with van der Waals surface area (Å²) in [5.74, 6) is 0.631. The lowest BCUT2D eigenvalue weighted by atomic mass is 9.88. The molecule has 0 bridgehead atoms. The molecule has 1 saturated carbocycles. The Balaban J connectivity index is 2.17. The molecule has 2 N–H and O–H groups in total. The maximum atomic E-state index is 11.7. The maximum absolute atomic E-state index is 11.7. The van der Waals surface area contributed by atoms with Crippen molar-refractivity contribution in [3.8, 4) is 0 Å². The zero-order valence-electron chi connectivity index (χ0n) is 12.5. The summed E-state index contributed by atoms with van der Waals surface area (Å²) in [7, 11) is 0. The molecule has 0 spiro atoms. The van der Waals surface area contributed by atoms with Crippen LogP contribution in [0.1, 0.15) is 52.9 Å². The fraction of sp³-hybridized carbons (Fsp3) is 0.933. The van der Waals surface area contributed by atoms with E-state index in [9.17, 15) is 9.90 Å². The minimum Gasteiger partial charge on any atom is -0.391 e. The van der Waals surface area contributed by atoms with Crippen LogP contribution in [-0.4, -0.2) is 36.4 Å². The molecule has 0 aromatic heterocycles. The summed E-state index contributed by atoms with van der Waals surface area (Å²) in [4.78, 5) is 11.7. The van der Waals surface area contributed by atoms with Gasteiger partial charge in [0.1, 0.15) is 6.61 Å². The first-order chi connectivity index (χ1) is 9.04. The van der Waals surface area contributed by atoms with Gasteiger partial charge in [0, 0.05) is 6.54 Å². The molecule has 0 saturated heterocycles. The Morgan fingerprint density at radius 3 is 2.74 bits per heavy atom. The van der Waals surface area contributed by atoms with E-state index in [0.29, 0.717) is 12.5 Å². The summed E-state index contributed by atoms with van der Waals surface area (Å²) in [6, 6.07) is 0. The number of amides is 1. The molecule has 4 unspecified atom stereocenters. The van der Waals surface area contributed by atoms with Gasteiger partial charge >= 0.3 is 0 Å². The molecule has 19 heavy (non-hydrogen) atoms. The number of nitrogens with one attached hydrogen (secondary N) is 1. The maximum Gasteiger partial charge on any atom is 0.246 e. The molecule has 0 aliphatic heterocycles. The summed E-state index contributed by atoms with van der Waals surface area (Å²) in [6.07, 6.45) is 5.38. The Morgan fingerprint density at radius 1 is 1.42 bits per heavy atom. The van der Waals surface area contributed by atoms with Gasteiger partial charge in [-0.3, -0.25) is 4.79 Å². The molecular formula is C15H29NO3. The Labute approximate surface area is 116 Å². The van der Waals surface area contributed by atoms with Gasteiger partial charge in [-0.1, -0.05) is 40.0 Å². The third kappa shape index (κ3) is 5.91. The highest BCUT2D eigenvalue weighted by Gasteiger charge is 2.22. The molecule has 112 valence electrons. The van der Waals surface area contributed by atoms with Crippen LogP contribution in [0, 0.1) is 11.8 Å². The summed E-state index contributed by atoms with van der Waals surface area (Å²) < 4.78 is 5.68. The number of rotatable bonds is 7. The van der Waals surface area contributed by atoms with Gasteiger partial charge < -0.3 is 15.2 Å². The summed E-state index contributed by atoms with van der Waals surface area (Å²) in [5, 5.41) is 12.5. The average molecular weight is 271 g/mol. The van der Waals surface area contributed by atoms with Crippen LogP contribution in [0.2, 0.25) is 0 Å². The lowest BCUT2D eigenvalue weighted by molar-refractivity contribution is -0.130. The van der Waals surface area contributed by atoms with Crippen molar-refractivity contribution in [2.45, 2.75) is 65.1 Å². The molecule has 1 aliphatic rings. The largest absolute Gasteiger partial charge is 0.391 e. The number of ether oxygens (including phenoxy) is 1. The minimum atomic E-state index is -0.470. The lowest BCUT2D eigenvalue weighted by Crippen LogP contribution is -2.38. The minimum absolute atomic E-state index is 0.113. The van der Waals surface area contributed by atoms with Crippen LogP contribution in [0.3, 0.4) is 0 Å². The van der Waals surface area contributed by atoms with Gasteiger partial charge in [-0.2, -0.15) is 0 Å². The first-order valence-corrected chi connectivity index (χ1v) is 7.61. The van der Waals surface area contributed by atoms with E-state index in [0.717, 1.165) is 12.8 Å². The Morgan fingerprint density at radius 2 is 2.11 bits per heavy atom. The second-order valence-electron chi connectivity index (χ2n) is 5.87. The normalized spacial score (nSPS) is 26.7. The van der Waals surface area contributed by atoms with E-state index < -0.39 is 6.10 Å². The molecule has 1 rings (SSSR count). The van der Waals surface area contributed by atoms with Gasteiger partial charge in [0.25, 0.3) is 0 Å². The van der Waals surface area contributed by atoms with Crippen molar-refractivity contribution < 1.29 is 14.6 Å². The van der Waals surface area contributed by atoms with E-state index in [1.807, 2.05) is 13.8 Å². The Bertz CT molecular complexity index is 270. The van der Waals surface area contributed by atoms with Gasteiger partial charge in [-0.15, -0.1) is 0 Å². The zero-order chi connectivity index (χ0) is 14.3. The molecule has 1 amide bonds. The number of carbonyl (C=O) groups excluding carboxylic acids is 1. The number of hydrogen-bond donors (Lipinski definition) is 2. The summed E-state index contributed by atoms with van der Waals surface area (Å²) in [5.41, 5.74) is 0. The highest BCUT2D eigenvalue weighted by molar-refractivity contribution is 5.77. The molecule has 1 fully saturated rings. The average Bonchev–Trinajstić information content (AvgIpc) is 2.42. The Hall–Kier alpha value is -0.610. The summed E-state index contributed by atoms with van der Waals surface area (Å²) >= 11 is 0. The predicted octanol–water partition coefficient (Wildman–Crippen LogP) is 2.10. The van der Waals surface area contributed by atoms with Gasteiger partial charge in [0.05, 0.1) is 12.2 Å². The molecule has 4 nitrogen and oxygen atoms in total. The smallest absolute Gasteiger partial charge is 0.246 e. The van der Waals surface area contributed by atoms with Crippen molar-refractivity contribution >= 4 is 5.91 Å². The van der Waals surface area contributed by atoms with Crippen LogP contribution in [0.4, 0.5) is 0 Å². The summed E-state index contributed by atoms with van der Waals surface area (Å²) in [6.45, 7) is 6.63. The number of carbonyl (C=O) groups is 1. The molecule has 4 atom stereocenters. The van der Waals surface area contributed by atoms with Crippen molar-refractivity contribution in [2.24, 2.45) is 11.8 Å². The zero-order valence-corrected chi connectivity index (χ0v) is 12.5. The van der Waals surface area contributed by atoms with Crippen LogP contribution < -0.4 is 5.32 Å². The lowest BCUT2D eigenvalue weighted by Gasteiger charge is -2.28. The second-order valence-corrected chi connectivity index (χ2v) is 5.87. The van der Waals surface area contributed by atoms with Gasteiger partial charge in [-0.25, -0.2) is 0 Å². The third-order valence-electron chi connectivity index (χ3n) is 4.27. The van der Waals surface area contributed by atoms with Crippen molar-refractivity contribution in [1.29, 1.82) is 0 Å². The first-order valence-electron chi connectivity index (χ1n) is 7.61. The van der Waals surface area contributed by atoms with Crippen LogP contribution in [-0.2, 0) is 9.53 Å². The van der Waals surface area contributed by atoms with E-state index in [2.05, 4.69) is 12.2 Å². The van der Waals surface area contributed by atoms with E-state index in [-0.39, 0.29) is 24.5 Å². The highest BCUT2D eigenvalue weighted by Crippen LogP contribution is 2.26. The SMILES string of the molecule is CCC(C)C(O)CNC(=O)COC1CCCCC1C. The first kappa shape index (κ1) is 16.4. The third-order valence-corrected chi connectivity index (χ3v) is 4.27. The molecule has 0 aromatic rings. The van der Waals surface area contributed by atoms with Gasteiger partial charge in [0.2, 0.25) is 5.91 Å². The van der Waals surface area contributed by atoms with Crippen molar-refractivity contribution in [3.63, 3.8) is 0 Å². The number of aliphatic hydroxyl groups is 1. The fourth-order valence-electron chi connectivity index (χ4n) is 2.46. The van der Waals surface area contributed by atoms with Crippen LogP contribution in [0.5, 0.6) is 0 Å². The van der Waals surface area contributed by atoms with Crippen molar-refractivity contribution in [2.75, 3.05) is 13.2 Å². The standard InChI is InChI=1S/C15H29NO3/c1-4-11(2)13(17)9-16-15(18)10-19-14-8-6-5-7-12(14)3/h11-14,17H,4-10H2,1-3H3,(H,16,18). The molecule has 0 aromatic carbocycles. The number of hydrogen-bond acceptors (Lipinski definition) is 3. The van der Waals surface area contributed by atoms with E-state index in [1.165, 1.54) is 19.3 Å². The predicted molar refractivity (Wildman–Crippen MR) is 75.8 cm³/mol. The van der Waals surface area contributed by atoms with Gasteiger partial charge in [-0.05, 0) is 24.7 Å². The molecule has 0 radical (unpaired) electrons. The quantitative estimate of drug-likeness (QED) is 0.745. The molecule has 4 heteroatoms. The van der Waals surface area contributed by atoms with Crippen LogP contribution >= 0.6 is 0 Å². The molecule has 0 heterocycles. The van der Waals surface area contributed by atoms with E-state index in [1.54, 1.807) is 0 Å². The van der Waals surface area contributed by atoms with Crippen LogP contribution in [0.15, 0.2) is 0 Å². The van der Waals surface area contributed by atoms with Gasteiger partial charge in [0.15, 0.2) is 0 Å². The number of aliphatic hydroxyl groups excluding tert-OH is 1. The molecular weight excluding hydrogens is 242 g/mol. The van der Waals surface area contributed by atoms with Crippen molar-refractivity contribution in [3.05, 3.63) is 0 Å². The van der Waals surface area contributed by atoms with Crippen molar-refractivity contribution in [1.82, 2.24) is 5.32 Å². The Kier molecular flexibility index (Phi) is 7.39. The fourth-order valence-corrected chi connectivity index (χ4v) is 2.46. The van der Waals surface area contributed by atoms with Crippen LogP contribution in [0.25, 0.3) is 0 Å². The highest BCUT2D eigenvalue weighted by atomic mass is 16.5. The van der Waals surface area contributed by atoms with E-state index >= 15 is 0 Å². The monoisotopic (exact) mass is 271 g/mol. The second kappa shape index (κ2) is 8.54.